The quantitative estimate of drug-likeness (QED) is 0.154. The summed E-state index contributed by atoms with van der Waals surface area (Å²) in [4.78, 5) is 0. The molecule has 1 unspecified atom stereocenters. The molecule has 4 aromatic carbocycles. The molecule has 0 heterocycles. The predicted molar refractivity (Wildman–Crippen MR) is 164 cm³/mol. The van der Waals surface area contributed by atoms with Crippen molar-refractivity contribution >= 4 is 31.9 Å². The number of benzene rings is 4. The summed E-state index contributed by atoms with van der Waals surface area (Å²) in [6.07, 6.45) is 1.21. The van der Waals surface area contributed by atoms with Crippen molar-refractivity contribution < 1.29 is 19.3 Å². The number of halogens is 2. The highest BCUT2D eigenvalue weighted by Gasteiger charge is 2.03. The van der Waals surface area contributed by atoms with E-state index in [-0.39, 0.29) is 6.29 Å². The van der Waals surface area contributed by atoms with Crippen LogP contribution in [0.15, 0.2) is 119 Å². The van der Waals surface area contributed by atoms with Gasteiger partial charge in [-0.1, -0.05) is 87.0 Å². The average molecular weight is 642 g/mol. The van der Waals surface area contributed by atoms with Crippen LogP contribution < -0.4 is 4.74 Å². The first kappa shape index (κ1) is 31.2. The van der Waals surface area contributed by atoms with E-state index in [1.54, 1.807) is 12.1 Å². The van der Waals surface area contributed by atoms with Crippen molar-refractivity contribution in [2.24, 2.45) is 0 Å². The van der Waals surface area contributed by atoms with Crippen molar-refractivity contribution in [3.8, 4) is 33.8 Å². The summed E-state index contributed by atoms with van der Waals surface area (Å²) in [7, 11) is 0. The summed E-state index contributed by atoms with van der Waals surface area (Å²) in [6.45, 7) is 10.5. The molecule has 0 saturated carbocycles. The molecule has 0 aliphatic carbocycles. The van der Waals surface area contributed by atoms with E-state index in [2.05, 4.69) is 67.4 Å². The van der Waals surface area contributed by atoms with E-state index in [1.807, 2.05) is 81.4 Å². The number of ether oxygens (including phenoxy) is 3. The first-order chi connectivity index (χ1) is 18.4. The maximum atomic E-state index is 9.14. The monoisotopic (exact) mass is 640 g/mol. The molecule has 0 saturated heterocycles. The van der Waals surface area contributed by atoms with E-state index >= 15 is 0 Å². The number of rotatable bonds is 8. The van der Waals surface area contributed by atoms with Gasteiger partial charge in [0, 0.05) is 15.6 Å². The molecule has 0 bridgehead atoms. The van der Waals surface area contributed by atoms with E-state index in [0.29, 0.717) is 12.4 Å². The summed E-state index contributed by atoms with van der Waals surface area (Å²) >= 11 is 6.83. The van der Waals surface area contributed by atoms with Crippen molar-refractivity contribution in [3.63, 3.8) is 0 Å². The van der Waals surface area contributed by atoms with Crippen molar-refractivity contribution in [2.75, 3.05) is 13.2 Å². The van der Waals surface area contributed by atoms with Gasteiger partial charge in [0.25, 0.3) is 0 Å². The Morgan fingerprint density at radius 1 is 0.684 bits per heavy atom. The molecule has 4 rings (SSSR count). The summed E-state index contributed by atoms with van der Waals surface area (Å²) in [5.41, 5.74) is 4.61. The van der Waals surface area contributed by atoms with E-state index in [1.165, 1.54) is 17.4 Å². The number of phenolic OH excluding ortho intramolecular Hbond substituents is 1. The van der Waals surface area contributed by atoms with Gasteiger partial charge in [-0.2, -0.15) is 0 Å². The standard InChI is InChI=1S/C16H17BrO2.C12H9BrO.C4H8O/c1-3-18-12(2)19-16-10-6-14(7-11-16)13-4-8-15(17)9-5-13;13-11-5-1-9(2-6-11)10-3-7-12(14)8-4-10;1-3-5-4-2/h4-12H,3H2,1-2H3;1-8,14H;3H,1,4H2,2H3. The lowest BCUT2D eigenvalue weighted by Crippen LogP contribution is -2.15. The molecule has 0 radical (unpaired) electrons. The summed E-state index contributed by atoms with van der Waals surface area (Å²) < 4.78 is 17.7. The summed E-state index contributed by atoms with van der Waals surface area (Å²) in [6, 6.07) is 31.6. The van der Waals surface area contributed by atoms with E-state index in [9.17, 15) is 0 Å². The predicted octanol–water partition coefficient (Wildman–Crippen LogP) is 9.87. The van der Waals surface area contributed by atoms with Gasteiger partial charge in [-0.3, -0.25) is 0 Å². The number of hydrogen-bond donors (Lipinski definition) is 1. The highest BCUT2D eigenvalue weighted by Crippen LogP contribution is 2.25. The van der Waals surface area contributed by atoms with Crippen LogP contribution >= 0.6 is 31.9 Å². The van der Waals surface area contributed by atoms with Crippen LogP contribution in [-0.2, 0) is 9.47 Å². The SMILES string of the molecule is C=COCC.CCOC(C)Oc1ccc(-c2ccc(Br)cc2)cc1.Oc1ccc(-c2ccc(Br)cc2)cc1. The van der Waals surface area contributed by atoms with Crippen LogP contribution in [0, 0.1) is 0 Å². The van der Waals surface area contributed by atoms with Gasteiger partial charge in [-0.25, -0.2) is 0 Å². The molecule has 0 aliphatic rings. The average Bonchev–Trinajstić information content (AvgIpc) is 2.92. The Balaban J connectivity index is 0.000000234. The van der Waals surface area contributed by atoms with Crippen molar-refractivity contribution in [2.45, 2.75) is 27.1 Å². The van der Waals surface area contributed by atoms with E-state index in [0.717, 1.165) is 32.4 Å². The second kappa shape index (κ2) is 17.4. The molecule has 6 heteroatoms. The zero-order chi connectivity index (χ0) is 27.8. The molecule has 200 valence electrons. The van der Waals surface area contributed by atoms with E-state index in [4.69, 9.17) is 14.6 Å². The normalized spacial score (nSPS) is 10.7. The Labute approximate surface area is 243 Å². The highest BCUT2D eigenvalue weighted by molar-refractivity contribution is 9.10. The third-order valence-corrected chi connectivity index (χ3v) is 6.12. The summed E-state index contributed by atoms with van der Waals surface area (Å²) in [5, 5.41) is 9.14. The van der Waals surface area contributed by atoms with E-state index < -0.39 is 0 Å². The Bertz CT molecular complexity index is 1150. The van der Waals surface area contributed by atoms with Gasteiger partial charge in [0.05, 0.1) is 12.9 Å². The van der Waals surface area contributed by atoms with Crippen LogP contribution in [0.1, 0.15) is 20.8 Å². The molecule has 0 aliphatic heterocycles. The lowest BCUT2D eigenvalue weighted by molar-refractivity contribution is -0.0613. The minimum absolute atomic E-state index is 0.219. The molecular weight excluding hydrogens is 608 g/mol. The second-order valence-electron chi connectivity index (χ2n) is 7.85. The minimum atomic E-state index is -0.219. The fourth-order valence-electron chi connectivity index (χ4n) is 3.24. The van der Waals surface area contributed by atoms with Crippen molar-refractivity contribution in [1.29, 1.82) is 0 Å². The maximum Gasteiger partial charge on any atom is 0.196 e. The van der Waals surface area contributed by atoms with Crippen LogP contribution in [-0.4, -0.2) is 24.6 Å². The Morgan fingerprint density at radius 2 is 1.08 bits per heavy atom. The van der Waals surface area contributed by atoms with Crippen LogP contribution in [0.5, 0.6) is 11.5 Å². The maximum absolute atomic E-state index is 9.14. The fraction of sp³-hybridized carbons (Fsp3) is 0.188. The van der Waals surface area contributed by atoms with Crippen LogP contribution in [0.2, 0.25) is 0 Å². The minimum Gasteiger partial charge on any atom is -0.508 e. The van der Waals surface area contributed by atoms with Crippen LogP contribution in [0.25, 0.3) is 22.3 Å². The Hall–Kier alpha value is -3.06. The molecule has 0 fully saturated rings. The molecule has 1 atom stereocenters. The fourth-order valence-corrected chi connectivity index (χ4v) is 3.77. The van der Waals surface area contributed by atoms with Gasteiger partial charge >= 0.3 is 0 Å². The van der Waals surface area contributed by atoms with Crippen LogP contribution in [0.4, 0.5) is 0 Å². The molecule has 4 nitrogen and oxygen atoms in total. The highest BCUT2D eigenvalue weighted by atomic mass is 79.9. The first-order valence-corrected chi connectivity index (χ1v) is 13.9. The number of phenols is 1. The molecule has 0 amide bonds. The Kier molecular flexibility index (Phi) is 14.3. The van der Waals surface area contributed by atoms with Gasteiger partial charge in [-0.15, -0.1) is 0 Å². The third-order valence-electron chi connectivity index (χ3n) is 5.06. The lowest BCUT2D eigenvalue weighted by Gasteiger charge is -2.14. The van der Waals surface area contributed by atoms with Gasteiger partial charge in [0.15, 0.2) is 6.29 Å². The number of aromatic hydroxyl groups is 1. The molecular formula is C32H34Br2O4. The Morgan fingerprint density at radius 3 is 1.42 bits per heavy atom. The molecule has 38 heavy (non-hydrogen) atoms. The van der Waals surface area contributed by atoms with Gasteiger partial charge < -0.3 is 19.3 Å². The van der Waals surface area contributed by atoms with Gasteiger partial charge in [0.2, 0.25) is 0 Å². The molecule has 0 aromatic heterocycles. The van der Waals surface area contributed by atoms with Gasteiger partial charge in [-0.05, 0) is 91.6 Å². The molecule has 0 spiro atoms. The first-order valence-electron chi connectivity index (χ1n) is 12.3. The smallest absolute Gasteiger partial charge is 0.196 e. The lowest BCUT2D eigenvalue weighted by atomic mass is 10.1. The summed E-state index contributed by atoms with van der Waals surface area (Å²) in [5.74, 6) is 1.12. The molecule has 4 aromatic rings. The topological polar surface area (TPSA) is 47.9 Å². The number of hydrogen-bond acceptors (Lipinski definition) is 4. The zero-order valence-electron chi connectivity index (χ0n) is 21.9. The third kappa shape index (κ3) is 11.5. The largest absolute Gasteiger partial charge is 0.508 e. The molecule has 1 N–H and O–H groups in total. The van der Waals surface area contributed by atoms with Gasteiger partial charge in [0.1, 0.15) is 11.5 Å². The van der Waals surface area contributed by atoms with Crippen molar-refractivity contribution in [3.05, 3.63) is 119 Å². The van der Waals surface area contributed by atoms with Crippen molar-refractivity contribution in [1.82, 2.24) is 0 Å². The second-order valence-corrected chi connectivity index (χ2v) is 9.68. The zero-order valence-corrected chi connectivity index (χ0v) is 25.1. The van der Waals surface area contributed by atoms with Crippen LogP contribution in [0.3, 0.4) is 0 Å².